The lowest BCUT2D eigenvalue weighted by Gasteiger charge is -2.14. The van der Waals surface area contributed by atoms with Crippen molar-refractivity contribution in [3.8, 4) is 11.6 Å². The molecular formula is C17H16F6N2O3. The zero-order valence-corrected chi connectivity index (χ0v) is 14.8. The number of halogens is 6. The number of carbonyl (C=O) groups excluding carboxylic acids is 1. The molecular weight excluding hydrogens is 394 g/mol. The fourth-order valence-electron chi connectivity index (χ4n) is 2.07. The summed E-state index contributed by atoms with van der Waals surface area (Å²) < 4.78 is 88.4. The van der Waals surface area contributed by atoms with Crippen molar-refractivity contribution in [2.45, 2.75) is 38.7 Å². The number of rotatable bonds is 6. The van der Waals surface area contributed by atoms with Crippen LogP contribution in [0.2, 0.25) is 0 Å². The standard InChI is InChI=1S/C17H16F6N2O3/c1-3-10(2)28-15(26)9-27-14-4-5-25(24-14)13-7-11(16(18,19)20)6-12(8-13)17(21,22)23/h4-8,10H,3,9H2,1-2H3. The second-order valence-electron chi connectivity index (χ2n) is 5.86. The Bertz CT molecular complexity index is 797. The highest BCUT2D eigenvalue weighted by atomic mass is 19.4. The molecule has 0 N–H and O–H groups in total. The van der Waals surface area contributed by atoms with Crippen molar-refractivity contribution in [1.82, 2.24) is 9.78 Å². The SMILES string of the molecule is CCC(C)OC(=O)COc1ccn(-c2cc(C(F)(F)F)cc(C(F)(F)F)c2)n1. The number of ether oxygens (including phenoxy) is 2. The molecule has 1 unspecified atom stereocenters. The molecule has 0 bridgehead atoms. The van der Waals surface area contributed by atoms with Gasteiger partial charge in [0.25, 0.3) is 0 Å². The highest BCUT2D eigenvalue weighted by Gasteiger charge is 2.37. The monoisotopic (exact) mass is 410 g/mol. The number of esters is 1. The van der Waals surface area contributed by atoms with Crippen LogP contribution in [0.3, 0.4) is 0 Å². The number of carbonyl (C=O) groups is 1. The van der Waals surface area contributed by atoms with Crippen molar-refractivity contribution >= 4 is 5.97 Å². The summed E-state index contributed by atoms with van der Waals surface area (Å²) in [6.07, 6.45) is -8.55. The van der Waals surface area contributed by atoms with Crippen LogP contribution in [0.1, 0.15) is 31.4 Å². The van der Waals surface area contributed by atoms with Crippen molar-refractivity contribution in [1.29, 1.82) is 0 Å². The number of hydrogen-bond acceptors (Lipinski definition) is 4. The molecule has 0 radical (unpaired) electrons. The van der Waals surface area contributed by atoms with Gasteiger partial charge < -0.3 is 9.47 Å². The third kappa shape index (κ3) is 5.64. The van der Waals surface area contributed by atoms with Gasteiger partial charge in [0.15, 0.2) is 6.61 Å². The van der Waals surface area contributed by atoms with Crippen molar-refractivity contribution in [3.05, 3.63) is 41.6 Å². The summed E-state index contributed by atoms with van der Waals surface area (Å²) in [5.74, 6) is -0.839. The quantitative estimate of drug-likeness (QED) is 0.515. The van der Waals surface area contributed by atoms with Crippen LogP contribution in [0.25, 0.3) is 5.69 Å². The van der Waals surface area contributed by atoms with Gasteiger partial charge in [-0.25, -0.2) is 9.48 Å². The van der Waals surface area contributed by atoms with E-state index in [0.717, 1.165) is 10.9 Å². The first kappa shape index (κ1) is 21.6. The van der Waals surface area contributed by atoms with E-state index in [0.29, 0.717) is 18.6 Å². The Labute approximate surface area is 155 Å². The summed E-state index contributed by atoms with van der Waals surface area (Å²) in [5, 5.41) is 3.75. The molecule has 0 fully saturated rings. The number of nitrogens with zero attached hydrogens (tertiary/aromatic N) is 2. The van der Waals surface area contributed by atoms with Crippen LogP contribution in [-0.4, -0.2) is 28.5 Å². The first-order valence-corrected chi connectivity index (χ1v) is 8.08. The fourth-order valence-corrected chi connectivity index (χ4v) is 2.07. The number of aromatic nitrogens is 2. The van der Waals surface area contributed by atoms with Crippen molar-refractivity contribution < 1.29 is 40.6 Å². The summed E-state index contributed by atoms with van der Waals surface area (Å²) in [4.78, 5) is 11.5. The molecule has 2 rings (SSSR count). The Morgan fingerprint density at radius 1 is 1.11 bits per heavy atom. The molecule has 1 aromatic carbocycles. The lowest BCUT2D eigenvalue weighted by atomic mass is 10.1. The highest BCUT2D eigenvalue weighted by molar-refractivity contribution is 5.71. The van der Waals surface area contributed by atoms with Crippen LogP contribution < -0.4 is 4.74 Å². The molecule has 0 saturated carbocycles. The van der Waals surface area contributed by atoms with Crippen molar-refractivity contribution in [2.75, 3.05) is 6.61 Å². The van der Waals surface area contributed by atoms with E-state index in [1.807, 2.05) is 6.92 Å². The average Bonchev–Trinajstić information content (AvgIpc) is 3.07. The zero-order valence-electron chi connectivity index (χ0n) is 14.8. The maximum absolute atomic E-state index is 12.9. The van der Waals surface area contributed by atoms with E-state index in [9.17, 15) is 31.1 Å². The average molecular weight is 410 g/mol. The topological polar surface area (TPSA) is 53.4 Å². The third-order valence-corrected chi connectivity index (χ3v) is 3.65. The number of alkyl halides is 6. The summed E-state index contributed by atoms with van der Waals surface area (Å²) in [5.41, 5.74) is -3.39. The molecule has 0 aliphatic carbocycles. The third-order valence-electron chi connectivity index (χ3n) is 3.65. The normalized spacial score (nSPS) is 13.3. The van der Waals surface area contributed by atoms with E-state index < -0.39 is 41.7 Å². The predicted molar refractivity (Wildman–Crippen MR) is 84.9 cm³/mol. The summed E-state index contributed by atoms with van der Waals surface area (Å²) >= 11 is 0. The molecule has 2 aromatic rings. The highest BCUT2D eigenvalue weighted by Crippen LogP contribution is 2.37. The predicted octanol–water partition coefficient (Wildman–Crippen LogP) is 4.63. The number of benzene rings is 1. The Kier molecular flexibility index (Phi) is 6.25. The van der Waals surface area contributed by atoms with Gasteiger partial charge in [0, 0.05) is 12.3 Å². The molecule has 1 aromatic heterocycles. The lowest BCUT2D eigenvalue weighted by Crippen LogP contribution is -2.20. The van der Waals surface area contributed by atoms with Crippen LogP contribution in [0, 0.1) is 0 Å². The molecule has 1 heterocycles. The smallest absolute Gasteiger partial charge is 0.416 e. The van der Waals surface area contributed by atoms with Gasteiger partial charge in [0.2, 0.25) is 5.88 Å². The largest absolute Gasteiger partial charge is 0.465 e. The van der Waals surface area contributed by atoms with Gasteiger partial charge in [-0.05, 0) is 31.5 Å². The maximum Gasteiger partial charge on any atom is 0.416 e. The molecule has 0 aliphatic heterocycles. The van der Waals surface area contributed by atoms with Crippen molar-refractivity contribution in [2.24, 2.45) is 0 Å². The Balaban J connectivity index is 2.23. The van der Waals surface area contributed by atoms with Crippen LogP contribution >= 0.6 is 0 Å². The Morgan fingerprint density at radius 2 is 1.68 bits per heavy atom. The minimum absolute atomic E-state index is 0.0231. The van der Waals surface area contributed by atoms with Gasteiger partial charge in [-0.15, -0.1) is 5.10 Å². The minimum atomic E-state index is -4.97. The second-order valence-corrected chi connectivity index (χ2v) is 5.86. The van der Waals surface area contributed by atoms with Crippen LogP contribution in [0.4, 0.5) is 26.3 Å². The first-order chi connectivity index (χ1) is 12.9. The Morgan fingerprint density at radius 3 is 2.18 bits per heavy atom. The molecule has 11 heteroatoms. The minimum Gasteiger partial charge on any atom is -0.465 e. The van der Waals surface area contributed by atoms with E-state index >= 15 is 0 Å². The van der Waals surface area contributed by atoms with E-state index in [1.54, 1.807) is 6.92 Å². The molecule has 0 spiro atoms. The van der Waals surface area contributed by atoms with Gasteiger partial charge in [-0.2, -0.15) is 26.3 Å². The van der Waals surface area contributed by atoms with Gasteiger partial charge in [-0.3, -0.25) is 0 Å². The number of hydrogen-bond donors (Lipinski definition) is 0. The Hall–Kier alpha value is -2.72. The fraction of sp³-hybridized carbons (Fsp3) is 0.412. The molecule has 28 heavy (non-hydrogen) atoms. The van der Waals surface area contributed by atoms with Gasteiger partial charge >= 0.3 is 18.3 Å². The molecule has 0 aliphatic rings. The van der Waals surface area contributed by atoms with Crippen molar-refractivity contribution in [3.63, 3.8) is 0 Å². The maximum atomic E-state index is 12.9. The van der Waals surface area contributed by atoms with Crippen LogP contribution in [0.15, 0.2) is 30.5 Å². The first-order valence-electron chi connectivity index (χ1n) is 8.08. The zero-order chi connectivity index (χ0) is 21.1. The van der Waals surface area contributed by atoms with Gasteiger partial charge in [-0.1, -0.05) is 6.92 Å². The van der Waals surface area contributed by atoms with E-state index in [-0.39, 0.29) is 18.1 Å². The van der Waals surface area contributed by atoms with E-state index in [2.05, 4.69) is 5.10 Å². The van der Waals surface area contributed by atoms with Gasteiger partial charge in [0.05, 0.1) is 22.9 Å². The molecule has 0 saturated heterocycles. The summed E-state index contributed by atoms with van der Waals surface area (Å²) in [6, 6.07) is 2.28. The molecule has 0 amide bonds. The molecule has 154 valence electrons. The van der Waals surface area contributed by atoms with Gasteiger partial charge in [0.1, 0.15) is 0 Å². The second kappa shape index (κ2) is 8.11. The summed E-state index contributed by atoms with van der Waals surface area (Å²) in [7, 11) is 0. The van der Waals surface area contributed by atoms with Crippen LogP contribution in [0.5, 0.6) is 5.88 Å². The van der Waals surface area contributed by atoms with E-state index in [1.165, 1.54) is 6.07 Å². The molecule has 1 atom stereocenters. The summed E-state index contributed by atoms with van der Waals surface area (Å²) in [6.45, 7) is 2.99. The van der Waals surface area contributed by atoms with Crippen LogP contribution in [-0.2, 0) is 21.9 Å². The lowest BCUT2D eigenvalue weighted by molar-refractivity contribution is -0.151. The molecule has 5 nitrogen and oxygen atoms in total. The van der Waals surface area contributed by atoms with E-state index in [4.69, 9.17) is 9.47 Å².